The lowest BCUT2D eigenvalue weighted by molar-refractivity contribution is 0.460. The van der Waals surface area contributed by atoms with Crippen molar-refractivity contribution < 1.29 is 13.2 Å². The molecule has 178 valence electrons. The van der Waals surface area contributed by atoms with Gasteiger partial charge in [0.25, 0.3) is 0 Å². The van der Waals surface area contributed by atoms with E-state index in [1.54, 1.807) is 30.7 Å². The first-order chi connectivity index (χ1) is 17.0. The van der Waals surface area contributed by atoms with E-state index >= 15 is 0 Å². The Morgan fingerprint density at radius 3 is 2.63 bits per heavy atom. The molecule has 8 nitrogen and oxygen atoms in total. The lowest BCUT2D eigenvalue weighted by atomic mass is 10.1. The molecule has 2 aromatic carbocycles. The second-order valence-electron chi connectivity index (χ2n) is 8.71. The monoisotopic (exact) mass is 487 g/mol. The second kappa shape index (κ2) is 9.39. The molecule has 1 N–H and O–H groups in total. The summed E-state index contributed by atoms with van der Waals surface area (Å²) in [6.45, 7) is 2.63. The number of benzene rings is 2. The highest BCUT2D eigenvalue weighted by Gasteiger charge is 2.27. The summed E-state index contributed by atoms with van der Waals surface area (Å²) < 4.78 is 35.0. The predicted octanol–water partition coefficient (Wildman–Crippen LogP) is 5.32. The third kappa shape index (κ3) is 4.98. The highest BCUT2D eigenvalue weighted by atomic mass is 32.2. The molecule has 2 aromatic heterocycles. The molecule has 1 aliphatic rings. The van der Waals surface area contributed by atoms with E-state index in [0.717, 1.165) is 41.5 Å². The standard InChI is InChI=1S/C26H25N5O3S/c1-2-13-35(32,33)30-20-7-5-19(6-8-20)26-23(15-27)22-10-9-21(34-25-16-28-11-12-29-25)14-24(22)31(26)17-18-3-4-18/h5-12,14,16,18,30H,2-4,13,17H2,1H3. The quantitative estimate of drug-likeness (QED) is 0.342. The molecule has 0 unspecified atom stereocenters. The summed E-state index contributed by atoms with van der Waals surface area (Å²) >= 11 is 0. The average molecular weight is 488 g/mol. The van der Waals surface area contributed by atoms with Gasteiger partial charge < -0.3 is 9.30 Å². The molecule has 0 amide bonds. The normalized spacial score (nSPS) is 13.5. The van der Waals surface area contributed by atoms with Crippen molar-refractivity contribution in [1.29, 1.82) is 5.26 Å². The number of hydrogen-bond donors (Lipinski definition) is 1. The van der Waals surface area contributed by atoms with Crippen molar-refractivity contribution in [3.05, 3.63) is 66.6 Å². The van der Waals surface area contributed by atoms with Gasteiger partial charge >= 0.3 is 0 Å². The second-order valence-corrected chi connectivity index (χ2v) is 10.6. The van der Waals surface area contributed by atoms with Crippen LogP contribution in [0.25, 0.3) is 22.2 Å². The first kappa shape index (κ1) is 22.9. The molecule has 0 bridgehead atoms. The summed E-state index contributed by atoms with van der Waals surface area (Å²) in [5, 5.41) is 11.0. The summed E-state index contributed by atoms with van der Waals surface area (Å²) in [5.74, 6) is 1.65. The summed E-state index contributed by atoms with van der Waals surface area (Å²) in [6, 6.07) is 15.3. The van der Waals surface area contributed by atoms with Crippen LogP contribution in [-0.4, -0.2) is 28.7 Å². The smallest absolute Gasteiger partial charge is 0.237 e. The molecule has 1 aliphatic carbocycles. The minimum absolute atomic E-state index is 0.0714. The highest BCUT2D eigenvalue weighted by Crippen LogP contribution is 2.40. The van der Waals surface area contributed by atoms with E-state index < -0.39 is 10.0 Å². The lowest BCUT2D eigenvalue weighted by Gasteiger charge is -2.13. The fourth-order valence-corrected chi connectivity index (χ4v) is 5.34. The van der Waals surface area contributed by atoms with Crippen LogP contribution in [0.3, 0.4) is 0 Å². The van der Waals surface area contributed by atoms with Crippen molar-refractivity contribution >= 4 is 26.6 Å². The van der Waals surface area contributed by atoms with Crippen molar-refractivity contribution in [2.24, 2.45) is 5.92 Å². The van der Waals surface area contributed by atoms with E-state index in [4.69, 9.17) is 4.74 Å². The number of hydrogen-bond acceptors (Lipinski definition) is 6. The van der Waals surface area contributed by atoms with Gasteiger partial charge in [-0.25, -0.2) is 13.4 Å². The van der Waals surface area contributed by atoms with Gasteiger partial charge in [0, 0.05) is 36.1 Å². The van der Waals surface area contributed by atoms with Crippen LogP contribution in [0.4, 0.5) is 5.69 Å². The van der Waals surface area contributed by atoms with Gasteiger partial charge in [-0.15, -0.1) is 0 Å². The van der Waals surface area contributed by atoms with Gasteiger partial charge in [0.05, 0.1) is 28.7 Å². The molecule has 0 atom stereocenters. The number of nitriles is 1. The third-order valence-electron chi connectivity index (χ3n) is 5.95. The molecule has 9 heteroatoms. The van der Waals surface area contributed by atoms with E-state index in [9.17, 15) is 13.7 Å². The molecule has 1 saturated carbocycles. The van der Waals surface area contributed by atoms with Crippen LogP contribution in [0.5, 0.6) is 11.6 Å². The van der Waals surface area contributed by atoms with Crippen LogP contribution in [0.2, 0.25) is 0 Å². The Morgan fingerprint density at radius 1 is 1.17 bits per heavy atom. The Labute approximate surface area is 204 Å². The van der Waals surface area contributed by atoms with Gasteiger partial charge in [0.15, 0.2) is 0 Å². The average Bonchev–Trinajstić information content (AvgIpc) is 3.61. The Bertz CT molecular complexity index is 1500. The van der Waals surface area contributed by atoms with Gasteiger partial charge in [0.2, 0.25) is 15.9 Å². The van der Waals surface area contributed by atoms with Crippen LogP contribution >= 0.6 is 0 Å². The Kier molecular flexibility index (Phi) is 6.14. The maximum atomic E-state index is 12.1. The zero-order valence-corrected chi connectivity index (χ0v) is 20.1. The van der Waals surface area contributed by atoms with Crippen molar-refractivity contribution in [1.82, 2.24) is 14.5 Å². The Hall–Kier alpha value is -3.90. The van der Waals surface area contributed by atoms with Crippen molar-refractivity contribution in [3.8, 4) is 29.0 Å². The van der Waals surface area contributed by atoms with Crippen LogP contribution < -0.4 is 9.46 Å². The Morgan fingerprint density at radius 2 is 1.97 bits per heavy atom. The number of rotatable bonds is 9. The number of sulfonamides is 1. The van der Waals surface area contributed by atoms with Gasteiger partial charge in [-0.1, -0.05) is 19.1 Å². The minimum Gasteiger partial charge on any atom is -0.437 e. The number of aromatic nitrogens is 3. The molecule has 2 heterocycles. The molecule has 0 saturated heterocycles. The van der Waals surface area contributed by atoms with Gasteiger partial charge in [-0.2, -0.15) is 5.26 Å². The molecule has 0 radical (unpaired) electrons. The van der Waals surface area contributed by atoms with E-state index in [2.05, 4.69) is 25.3 Å². The molecule has 0 aliphatic heterocycles. The van der Waals surface area contributed by atoms with E-state index in [0.29, 0.717) is 35.2 Å². The molecular formula is C26H25N5O3S. The van der Waals surface area contributed by atoms with E-state index in [1.165, 1.54) is 0 Å². The number of ether oxygens (including phenoxy) is 1. The fraction of sp³-hybridized carbons (Fsp3) is 0.269. The molecule has 0 spiro atoms. The zero-order valence-electron chi connectivity index (χ0n) is 19.3. The van der Waals surface area contributed by atoms with Crippen LogP contribution in [0.15, 0.2) is 61.1 Å². The predicted molar refractivity (Wildman–Crippen MR) is 135 cm³/mol. The first-order valence-electron chi connectivity index (χ1n) is 11.6. The molecular weight excluding hydrogens is 462 g/mol. The SMILES string of the molecule is CCCS(=O)(=O)Nc1ccc(-c2c(C#N)c3ccc(Oc4cnccn4)cc3n2CC2CC2)cc1. The largest absolute Gasteiger partial charge is 0.437 e. The van der Waals surface area contributed by atoms with E-state index in [1.807, 2.05) is 37.3 Å². The maximum absolute atomic E-state index is 12.1. The number of fused-ring (bicyclic) bond motifs is 1. The van der Waals surface area contributed by atoms with Crippen LogP contribution in [0.1, 0.15) is 31.7 Å². The molecule has 5 rings (SSSR count). The van der Waals surface area contributed by atoms with Gasteiger partial charge in [0.1, 0.15) is 11.8 Å². The summed E-state index contributed by atoms with van der Waals surface area (Å²) in [7, 11) is -3.37. The first-order valence-corrected chi connectivity index (χ1v) is 13.2. The number of anilines is 1. The lowest BCUT2D eigenvalue weighted by Crippen LogP contribution is -2.15. The summed E-state index contributed by atoms with van der Waals surface area (Å²) in [6.07, 6.45) is 7.58. The van der Waals surface area contributed by atoms with Crippen LogP contribution in [0, 0.1) is 17.2 Å². The fourth-order valence-electron chi connectivity index (χ4n) is 4.21. The topological polar surface area (TPSA) is 110 Å². The summed E-state index contributed by atoms with van der Waals surface area (Å²) in [5.41, 5.74) is 3.69. The van der Waals surface area contributed by atoms with Gasteiger partial charge in [-0.05, 0) is 55.0 Å². The van der Waals surface area contributed by atoms with Crippen LogP contribution in [-0.2, 0) is 16.6 Å². The summed E-state index contributed by atoms with van der Waals surface area (Å²) in [4.78, 5) is 8.21. The molecule has 4 aromatic rings. The van der Waals surface area contributed by atoms with Crippen molar-refractivity contribution in [3.63, 3.8) is 0 Å². The third-order valence-corrected chi connectivity index (χ3v) is 7.44. The minimum atomic E-state index is -3.37. The van der Waals surface area contributed by atoms with Gasteiger partial charge in [-0.3, -0.25) is 9.71 Å². The highest BCUT2D eigenvalue weighted by molar-refractivity contribution is 7.92. The Balaban J connectivity index is 1.57. The maximum Gasteiger partial charge on any atom is 0.237 e. The zero-order chi connectivity index (χ0) is 24.4. The number of nitrogens with one attached hydrogen (secondary N) is 1. The number of nitrogens with zero attached hydrogens (tertiary/aromatic N) is 4. The molecule has 1 fully saturated rings. The van der Waals surface area contributed by atoms with E-state index in [-0.39, 0.29) is 5.75 Å². The molecule has 35 heavy (non-hydrogen) atoms. The van der Waals surface area contributed by atoms with Crippen molar-refractivity contribution in [2.45, 2.75) is 32.7 Å². The van der Waals surface area contributed by atoms with Crippen molar-refractivity contribution in [2.75, 3.05) is 10.5 Å².